The third-order valence-electron chi connectivity index (χ3n) is 6.02. The van der Waals surface area contributed by atoms with Crippen molar-refractivity contribution < 1.29 is 4.79 Å². The van der Waals surface area contributed by atoms with E-state index in [9.17, 15) is 9.59 Å². The molecule has 164 valence electrons. The smallest absolute Gasteiger partial charge is 0.329 e. The summed E-state index contributed by atoms with van der Waals surface area (Å²) in [5, 5.41) is 5.95. The van der Waals surface area contributed by atoms with Gasteiger partial charge in [-0.25, -0.2) is 9.59 Å². The molecule has 0 saturated carbocycles. The first-order chi connectivity index (χ1) is 15.0. The van der Waals surface area contributed by atoms with Crippen LogP contribution in [0.15, 0.2) is 41.2 Å². The summed E-state index contributed by atoms with van der Waals surface area (Å²) in [6.07, 6.45) is 3.48. The van der Waals surface area contributed by atoms with Gasteiger partial charge in [-0.2, -0.15) is 0 Å². The van der Waals surface area contributed by atoms with E-state index in [4.69, 9.17) is 0 Å². The van der Waals surface area contributed by atoms with E-state index in [0.717, 1.165) is 59.6 Å². The second kappa shape index (κ2) is 8.88. The molecular weight excluding hydrogens is 390 g/mol. The first-order valence-corrected chi connectivity index (χ1v) is 11.2. The van der Waals surface area contributed by atoms with Crippen molar-refractivity contribution in [2.24, 2.45) is 0 Å². The van der Waals surface area contributed by atoms with Crippen molar-refractivity contribution in [3.05, 3.63) is 52.4 Å². The summed E-state index contributed by atoms with van der Waals surface area (Å²) in [4.78, 5) is 28.0. The maximum atomic E-state index is 12.9. The van der Waals surface area contributed by atoms with Gasteiger partial charge in [0.15, 0.2) is 0 Å². The van der Waals surface area contributed by atoms with Gasteiger partial charge in [-0.05, 0) is 64.3 Å². The highest BCUT2D eigenvalue weighted by Gasteiger charge is 2.21. The van der Waals surface area contributed by atoms with E-state index in [1.54, 1.807) is 4.57 Å². The second-order valence-electron chi connectivity index (χ2n) is 8.12. The average molecular weight is 422 g/mol. The minimum absolute atomic E-state index is 0.00847. The number of benzene rings is 2. The molecule has 1 saturated heterocycles. The van der Waals surface area contributed by atoms with Crippen LogP contribution in [0.3, 0.4) is 0 Å². The van der Waals surface area contributed by atoms with Crippen molar-refractivity contribution >= 4 is 34.1 Å². The number of imidazole rings is 1. The molecule has 0 unspecified atom stereocenters. The van der Waals surface area contributed by atoms with Gasteiger partial charge in [0.25, 0.3) is 0 Å². The number of aromatic nitrogens is 2. The van der Waals surface area contributed by atoms with Crippen LogP contribution in [0.5, 0.6) is 0 Å². The highest BCUT2D eigenvalue weighted by Crippen LogP contribution is 2.33. The number of aryl methyl sites for hydroxylation is 3. The highest BCUT2D eigenvalue weighted by atomic mass is 16.2. The van der Waals surface area contributed by atoms with Gasteiger partial charge in [-0.15, -0.1) is 0 Å². The predicted octanol–water partition coefficient (Wildman–Crippen LogP) is 4.79. The SMILES string of the molecule is CCn1c(=O)n(CC)c2cc(N3CCCCC3)c(NC(=O)Nc3ccc(C)cc3)cc21. The van der Waals surface area contributed by atoms with Crippen LogP contribution < -0.4 is 21.2 Å². The fourth-order valence-corrected chi connectivity index (χ4v) is 4.38. The summed E-state index contributed by atoms with van der Waals surface area (Å²) < 4.78 is 3.57. The normalized spacial score (nSPS) is 14.1. The number of carbonyl (C=O) groups excluding carboxylic acids is 1. The van der Waals surface area contributed by atoms with Crippen molar-refractivity contribution in [2.45, 2.75) is 53.1 Å². The third kappa shape index (κ3) is 4.17. The number of hydrogen-bond donors (Lipinski definition) is 2. The Morgan fingerprint density at radius 2 is 1.52 bits per heavy atom. The van der Waals surface area contributed by atoms with Gasteiger partial charge in [0, 0.05) is 31.9 Å². The number of urea groups is 1. The number of piperidine rings is 1. The Morgan fingerprint density at radius 3 is 2.13 bits per heavy atom. The van der Waals surface area contributed by atoms with Crippen molar-refractivity contribution in [3.63, 3.8) is 0 Å². The molecule has 7 heteroatoms. The van der Waals surface area contributed by atoms with E-state index in [2.05, 4.69) is 21.6 Å². The molecule has 1 aromatic heterocycles. The Hall–Kier alpha value is -3.22. The number of rotatable bonds is 5. The van der Waals surface area contributed by atoms with E-state index < -0.39 is 0 Å². The van der Waals surface area contributed by atoms with Crippen molar-refractivity contribution in [1.82, 2.24) is 9.13 Å². The first kappa shape index (κ1) is 21.0. The second-order valence-corrected chi connectivity index (χ2v) is 8.12. The van der Waals surface area contributed by atoms with Crippen LogP contribution in [-0.4, -0.2) is 28.3 Å². The summed E-state index contributed by atoms with van der Waals surface area (Å²) in [6.45, 7) is 9.07. The minimum Gasteiger partial charge on any atom is -0.370 e. The number of hydrogen-bond acceptors (Lipinski definition) is 3. The Balaban J connectivity index is 1.74. The summed E-state index contributed by atoms with van der Waals surface area (Å²) >= 11 is 0. The van der Waals surface area contributed by atoms with Crippen LogP contribution in [0.25, 0.3) is 11.0 Å². The zero-order valence-electron chi connectivity index (χ0n) is 18.6. The maximum Gasteiger partial charge on any atom is 0.329 e. The van der Waals surface area contributed by atoms with Gasteiger partial charge >= 0.3 is 11.7 Å². The molecule has 0 bridgehead atoms. The molecule has 1 aliphatic heterocycles. The molecule has 3 aromatic rings. The van der Waals surface area contributed by atoms with Gasteiger partial charge in [0.2, 0.25) is 0 Å². The van der Waals surface area contributed by atoms with E-state index in [0.29, 0.717) is 13.1 Å². The number of carbonyl (C=O) groups is 1. The van der Waals surface area contributed by atoms with Gasteiger partial charge in [0.1, 0.15) is 0 Å². The lowest BCUT2D eigenvalue weighted by Crippen LogP contribution is -2.31. The number of fused-ring (bicyclic) bond motifs is 1. The molecular formula is C24H31N5O2. The van der Waals surface area contributed by atoms with Crippen LogP contribution in [0.4, 0.5) is 21.9 Å². The number of nitrogens with zero attached hydrogens (tertiary/aromatic N) is 3. The molecule has 2 amide bonds. The van der Waals surface area contributed by atoms with Gasteiger partial charge < -0.3 is 15.5 Å². The lowest BCUT2D eigenvalue weighted by molar-refractivity contribution is 0.262. The topological polar surface area (TPSA) is 71.3 Å². The van der Waals surface area contributed by atoms with E-state index in [-0.39, 0.29) is 11.7 Å². The molecule has 0 aliphatic carbocycles. The van der Waals surface area contributed by atoms with Crippen molar-refractivity contribution in [1.29, 1.82) is 0 Å². The van der Waals surface area contributed by atoms with Crippen LogP contribution in [0.2, 0.25) is 0 Å². The molecule has 2 heterocycles. The third-order valence-corrected chi connectivity index (χ3v) is 6.02. The van der Waals surface area contributed by atoms with Crippen LogP contribution in [0.1, 0.15) is 38.7 Å². The fraction of sp³-hybridized carbons (Fsp3) is 0.417. The Labute approximate surface area is 182 Å². The zero-order chi connectivity index (χ0) is 22.0. The molecule has 7 nitrogen and oxygen atoms in total. The van der Waals surface area contributed by atoms with Gasteiger partial charge in [-0.1, -0.05) is 17.7 Å². The van der Waals surface area contributed by atoms with Crippen LogP contribution in [-0.2, 0) is 13.1 Å². The van der Waals surface area contributed by atoms with E-state index in [1.165, 1.54) is 6.42 Å². The number of amides is 2. The van der Waals surface area contributed by atoms with Gasteiger partial charge in [-0.3, -0.25) is 9.13 Å². The van der Waals surface area contributed by atoms with Crippen LogP contribution in [0, 0.1) is 6.92 Å². The van der Waals surface area contributed by atoms with Crippen LogP contribution >= 0.6 is 0 Å². The zero-order valence-corrected chi connectivity index (χ0v) is 18.6. The summed E-state index contributed by atoms with van der Waals surface area (Å²) in [5.74, 6) is 0. The predicted molar refractivity (Wildman–Crippen MR) is 127 cm³/mol. The molecule has 31 heavy (non-hydrogen) atoms. The molecule has 0 radical (unpaired) electrons. The van der Waals surface area contributed by atoms with E-state index in [1.807, 2.05) is 55.7 Å². The fourth-order valence-electron chi connectivity index (χ4n) is 4.38. The average Bonchev–Trinajstić information content (AvgIpc) is 3.04. The standard InChI is InChI=1S/C24H31N5O2/c1-4-28-21-15-19(26-23(30)25-18-11-9-17(3)10-12-18)20(27-13-7-6-8-14-27)16-22(21)29(5-2)24(28)31/h9-12,15-16H,4-8,13-14H2,1-3H3,(H2,25,26,30). The van der Waals surface area contributed by atoms with Gasteiger partial charge in [0.05, 0.1) is 22.4 Å². The molecule has 4 rings (SSSR count). The summed E-state index contributed by atoms with van der Waals surface area (Å²) in [7, 11) is 0. The Kier molecular flexibility index (Phi) is 6.02. The molecule has 2 aromatic carbocycles. The highest BCUT2D eigenvalue weighted by molar-refractivity contribution is 6.04. The van der Waals surface area contributed by atoms with E-state index >= 15 is 0 Å². The lowest BCUT2D eigenvalue weighted by atomic mass is 10.1. The summed E-state index contributed by atoms with van der Waals surface area (Å²) in [6, 6.07) is 11.4. The molecule has 2 N–H and O–H groups in total. The Morgan fingerprint density at radius 1 is 0.903 bits per heavy atom. The largest absolute Gasteiger partial charge is 0.370 e. The molecule has 1 fully saturated rings. The molecule has 1 aliphatic rings. The molecule has 0 atom stereocenters. The van der Waals surface area contributed by atoms with Crippen molar-refractivity contribution in [3.8, 4) is 0 Å². The number of nitrogens with one attached hydrogen (secondary N) is 2. The quantitative estimate of drug-likeness (QED) is 0.622. The minimum atomic E-state index is -0.290. The number of anilines is 3. The summed E-state index contributed by atoms with van der Waals surface area (Å²) in [5.41, 5.74) is 5.34. The maximum absolute atomic E-state index is 12.9. The first-order valence-electron chi connectivity index (χ1n) is 11.2. The molecule has 0 spiro atoms. The monoisotopic (exact) mass is 421 g/mol. The Bertz CT molecular complexity index is 1140. The van der Waals surface area contributed by atoms with Crippen molar-refractivity contribution in [2.75, 3.05) is 28.6 Å². The lowest BCUT2D eigenvalue weighted by Gasteiger charge is -2.30.